The molecule has 1 aromatic carbocycles. The lowest BCUT2D eigenvalue weighted by Crippen LogP contribution is -2.35. The highest BCUT2D eigenvalue weighted by Crippen LogP contribution is 2.28. The van der Waals surface area contributed by atoms with E-state index in [1.54, 1.807) is 30.0 Å². The number of thioether (sulfide) groups is 1. The molecule has 0 aliphatic carbocycles. The number of aryl methyl sites for hydroxylation is 1. The summed E-state index contributed by atoms with van der Waals surface area (Å²) in [5.74, 6) is -0.204. The zero-order chi connectivity index (χ0) is 17.4. The molecule has 0 saturated heterocycles. The summed E-state index contributed by atoms with van der Waals surface area (Å²) in [5, 5.41) is 9.30. The van der Waals surface area contributed by atoms with Gasteiger partial charge < -0.3 is 10.0 Å². The molecule has 1 aromatic rings. The fourth-order valence-corrected chi connectivity index (χ4v) is 3.87. The molecule has 1 atom stereocenters. The van der Waals surface area contributed by atoms with Crippen LogP contribution in [-0.2, 0) is 11.2 Å². The number of aliphatic carboxylic acids is 1. The van der Waals surface area contributed by atoms with Gasteiger partial charge in [0.25, 0.3) is 0 Å². The van der Waals surface area contributed by atoms with E-state index in [4.69, 9.17) is 0 Å². The lowest BCUT2D eigenvalue weighted by molar-refractivity contribution is -0.133. The van der Waals surface area contributed by atoms with Crippen LogP contribution in [0.4, 0.5) is 4.39 Å². The van der Waals surface area contributed by atoms with Gasteiger partial charge in [-0.15, -0.1) is 11.8 Å². The molecule has 0 bridgehead atoms. The van der Waals surface area contributed by atoms with Crippen molar-refractivity contribution in [2.45, 2.75) is 38.0 Å². The van der Waals surface area contributed by atoms with Crippen LogP contribution in [0.25, 0.3) is 0 Å². The molecule has 1 unspecified atom stereocenters. The lowest BCUT2D eigenvalue weighted by Gasteiger charge is -2.32. The first-order valence-corrected chi connectivity index (χ1v) is 9.40. The van der Waals surface area contributed by atoms with Gasteiger partial charge in [0.1, 0.15) is 11.2 Å². The number of carboxylic acids is 1. The van der Waals surface area contributed by atoms with Crippen molar-refractivity contribution < 1.29 is 14.3 Å². The number of halogens is 1. The molecule has 1 aliphatic rings. The number of nitrogens with zero attached hydrogens (tertiary/aromatic N) is 1. The van der Waals surface area contributed by atoms with Crippen LogP contribution >= 0.6 is 11.8 Å². The molecule has 0 fully saturated rings. The minimum absolute atomic E-state index is 0.132. The average Bonchev–Trinajstić information content (AvgIpc) is 2.58. The van der Waals surface area contributed by atoms with Crippen LogP contribution < -0.4 is 0 Å². The van der Waals surface area contributed by atoms with Gasteiger partial charge in [0.2, 0.25) is 0 Å². The van der Waals surface area contributed by atoms with Gasteiger partial charge in [0.15, 0.2) is 0 Å². The molecular weight excluding hydrogens is 325 g/mol. The van der Waals surface area contributed by atoms with Gasteiger partial charge in [-0.3, -0.25) is 0 Å². The van der Waals surface area contributed by atoms with Gasteiger partial charge in [-0.2, -0.15) is 0 Å². The molecule has 1 aliphatic heterocycles. The van der Waals surface area contributed by atoms with Crippen LogP contribution in [-0.4, -0.2) is 33.6 Å². The summed E-state index contributed by atoms with van der Waals surface area (Å²) in [6, 6.07) is 6.57. The minimum Gasteiger partial charge on any atom is -0.478 e. The summed E-state index contributed by atoms with van der Waals surface area (Å²) in [6.07, 6.45) is 9.43. The van der Waals surface area contributed by atoms with Gasteiger partial charge in [-0.1, -0.05) is 25.5 Å². The van der Waals surface area contributed by atoms with Crippen LogP contribution in [0.2, 0.25) is 0 Å². The standard InChI is InChI=1S/C19H24FNO2S/c1-2-3-12-21-13-4-7-17(19(22)23)18(21)24-14-5-6-15-8-10-16(20)11-9-15/h4,7-11,13,18H,2-3,5-6,12,14H2,1H3,(H,22,23). The predicted molar refractivity (Wildman–Crippen MR) is 97.4 cm³/mol. The van der Waals surface area contributed by atoms with Crippen molar-refractivity contribution >= 4 is 17.7 Å². The average molecular weight is 349 g/mol. The highest BCUT2D eigenvalue weighted by molar-refractivity contribution is 8.00. The molecule has 24 heavy (non-hydrogen) atoms. The Morgan fingerprint density at radius 2 is 2.04 bits per heavy atom. The summed E-state index contributed by atoms with van der Waals surface area (Å²) >= 11 is 1.67. The quantitative estimate of drug-likeness (QED) is 0.668. The van der Waals surface area contributed by atoms with E-state index in [9.17, 15) is 14.3 Å². The molecule has 0 radical (unpaired) electrons. The van der Waals surface area contributed by atoms with Gasteiger partial charge in [0, 0.05) is 12.7 Å². The Bertz CT molecular complexity index is 598. The zero-order valence-corrected chi connectivity index (χ0v) is 14.8. The van der Waals surface area contributed by atoms with Crippen molar-refractivity contribution in [3.63, 3.8) is 0 Å². The molecule has 0 amide bonds. The summed E-state index contributed by atoms with van der Waals surface area (Å²) < 4.78 is 12.9. The van der Waals surface area contributed by atoms with Crippen LogP contribution in [0.15, 0.2) is 48.2 Å². The number of benzene rings is 1. The maximum atomic E-state index is 12.9. The number of carboxylic acid groups (broad SMARTS) is 1. The minimum atomic E-state index is -0.850. The number of carbonyl (C=O) groups is 1. The molecule has 130 valence electrons. The van der Waals surface area contributed by atoms with E-state index >= 15 is 0 Å². The Morgan fingerprint density at radius 3 is 2.71 bits per heavy atom. The van der Waals surface area contributed by atoms with E-state index in [1.807, 2.05) is 12.3 Å². The van der Waals surface area contributed by atoms with E-state index in [-0.39, 0.29) is 11.2 Å². The van der Waals surface area contributed by atoms with Crippen molar-refractivity contribution in [3.05, 3.63) is 59.6 Å². The smallest absolute Gasteiger partial charge is 0.334 e. The van der Waals surface area contributed by atoms with Crippen molar-refractivity contribution in [1.29, 1.82) is 0 Å². The fourth-order valence-electron chi connectivity index (χ4n) is 2.61. The highest BCUT2D eigenvalue weighted by atomic mass is 32.2. The monoisotopic (exact) mass is 349 g/mol. The van der Waals surface area contributed by atoms with Crippen molar-refractivity contribution in [2.24, 2.45) is 0 Å². The van der Waals surface area contributed by atoms with Crippen LogP contribution in [0.1, 0.15) is 31.7 Å². The van der Waals surface area contributed by atoms with Crippen LogP contribution in [0, 0.1) is 5.82 Å². The topological polar surface area (TPSA) is 40.5 Å². The first-order chi connectivity index (χ1) is 11.6. The molecule has 1 N–H and O–H groups in total. The van der Waals surface area contributed by atoms with E-state index in [2.05, 4.69) is 11.8 Å². The largest absolute Gasteiger partial charge is 0.478 e. The van der Waals surface area contributed by atoms with Crippen LogP contribution in [0.5, 0.6) is 0 Å². The molecule has 0 saturated carbocycles. The first-order valence-electron chi connectivity index (χ1n) is 8.35. The third-order valence-corrected chi connectivity index (χ3v) is 5.30. The van der Waals surface area contributed by atoms with E-state index < -0.39 is 5.97 Å². The Morgan fingerprint density at radius 1 is 1.29 bits per heavy atom. The van der Waals surface area contributed by atoms with Crippen LogP contribution in [0.3, 0.4) is 0 Å². The van der Waals surface area contributed by atoms with Gasteiger partial charge in [-0.25, -0.2) is 9.18 Å². The Kier molecular flexibility index (Phi) is 7.37. The summed E-state index contributed by atoms with van der Waals surface area (Å²) in [5.41, 5.74) is 1.55. The van der Waals surface area contributed by atoms with Gasteiger partial charge in [0.05, 0.1) is 5.57 Å². The number of hydrogen-bond donors (Lipinski definition) is 1. The number of unbranched alkanes of at least 4 members (excludes halogenated alkanes) is 1. The molecular formula is C19H24FNO2S. The third kappa shape index (κ3) is 5.41. The van der Waals surface area contributed by atoms with E-state index in [1.165, 1.54) is 12.1 Å². The normalized spacial score (nSPS) is 17.0. The second kappa shape index (κ2) is 9.52. The molecule has 2 rings (SSSR count). The summed E-state index contributed by atoms with van der Waals surface area (Å²) in [7, 11) is 0. The molecule has 3 nitrogen and oxygen atoms in total. The molecule has 0 spiro atoms. The molecule has 0 aromatic heterocycles. The third-order valence-electron chi connectivity index (χ3n) is 3.94. The van der Waals surface area contributed by atoms with Crippen molar-refractivity contribution in [1.82, 2.24) is 4.90 Å². The highest BCUT2D eigenvalue weighted by Gasteiger charge is 2.26. The SMILES string of the molecule is CCCCN1C=CC=C(C(=O)O)C1SCCCc1ccc(F)cc1. The number of rotatable bonds is 9. The zero-order valence-electron chi connectivity index (χ0n) is 14.0. The van der Waals surface area contributed by atoms with E-state index in [0.29, 0.717) is 5.57 Å². The fraction of sp³-hybridized carbons (Fsp3) is 0.421. The lowest BCUT2D eigenvalue weighted by atomic mass is 10.1. The summed E-state index contributed by atoms with van der Waals surface area (Å²) in [4.78, 5) is 13.6. The molecule has 1 heterocycles. The first kappa shape index (κ1) is 18.6. The maximum absolute atomic E-state index is 12.9. The Balaban J connectivity index is 1.88. The van der Waals surface area contributed by atoms with Crippen molar-refractivity contribution in [2.75, 3.05) is 12.3 Å². The number of hydrogen-bond acceptors (Lipinski definition) is 3. The Labute approximate surface area is 147 Å². The second-order valence-electron chi connectivity index (χ2n) is 5.81. The predicted octanol–water partition coefficient (Wildman–Crippen LogP) is 4.46. The van der Waals surface area contributed by atoms with Gasteiger partial charge >= 0.3 is 5.97 Å². The van der Waals surface area contributed by atoms with Crippen molar-refractivity contribution in [3.8, 4) is 0 Å². The maximum Gasteiger partial charge on any atom is 0.334 e. The Hall–Kier alpha value is -1.75. The molecule has 5 heteroatoms. The second-order valence-corrected chi connectivity index (χ2v) is 7.00. The van der Waals surface area contributed by atoms with Gasteiger partial charge in [-0.05, 0) is 54.9 Å². The van der Waals surface area contributed by atoms with E-state index in [0.717, 1.165) is 43.5 Å². The number of allylic oxidation sites excluding steroid dienone is 2. The summed E-state index contributed by atoms with van der Waals surface area (Å²) in [6.45, 7) is 3.00.